The zero-order valence-electron chi connectivity index (χ0n) is 16.8. The van der Waals surface area contributed by atoms with E-state index in [1.54, 1.807) is 18.3 Å². The zero-order valence-corrected chi connectivity index (χ0v) is 17.6. The molecule has 1 aromatic carbocycles. The van der Waals surface area contributed by atoms with E-state index in [-0.39, 0.29) is 5.91 Å². The van der Waals surface area contributed by atoms with Crippen molar-refractivity contribution in [2.45, 2.75) is 31.0 Å². The Morgan fingerprint density at radius 2 is 2.03 bits per heavy atom. The lowest BCUT2D eigenvalue weighted by Gasteiger charge is -2.23. The second-order valence-electron chi connectivity index (χ2n) is 6.60. The summed E-state index contributed by atoms with van der Waals surface area (Å²) in [6.07, 6.45) is 2.57. The molecule has 29 heavy (non-hydrogen) atoms. The number of carbonyl (C=O) groups excluding carboxylic acids is 1. The molecule has 0 fully saturated rings. The molecule has 6 nitrogen and oxygen atoms in total. The van der Waals surface area contributed by atoms with Gasteiger partial charge in [-0.1, -0.05) is 35.1 Å². The van der Waals surface area contributed by atoms with Crippen LogP contribution in [0.15, 0.2) is 64.3 Å². The highest BCUT2D eigenvalue weighted by molar-refractivity contribution is 7.98. The number of para-hydroxylation sites is 1. The number of hydrogen-bond donors (Lipinski definition) is 1. The summed E-state index contributed by atoms with van der Waals surface area (Å²) in [4.78, 5) is 19.3. The number of carbonyl (C=O) groups is 1. The summed E-state index contributed by atoms with van der Waals surface area (Å²) < 4.78 is 5.09. The van der Waals surface area contributed by atoms with Crippen molar-refractivity contribution < 1.29 is 9.32 Å². The quantitative estimate of drug-likeness (QED) is 0.397. The smallest absolute Gasteiger partial charge is 0.254 e. The predicted molar refractivity (Wildman–Crippen MR) is 116 cm³/mol. The molecule has 3 rings (SSSR count). The highest BCUT2D eigenvalue weighted by Gasteiger charge is 2.13. The third kappa shape index (κ3) is 6.09. The van der Waals surface area contributed by atoms with Crippen LogP contribution in [0.1, 0.15) is 35.2 Å². The number of rotatable bonds is 10. The molecular weight excluding hydrogens is 384 g/mol. The van der Waals surface area contributed by atoms with Crippen LogP contribution in [0.25, 0.3) is 0 Å². The summed E-state index contributed by atoms with van der Waals surface area (Å²) in [5.74, 6) is 1.29. The Morgan fingerprint density at radius 3 is 2.76 bits per heavy atom. The van der Waals surface area contributed by atoms with Crippen LogP contribution < -0.4 is 10.2 Å². The molecule has 0 bridgehead atoms. The molecule has 2 heterocycles. The number of nitrogens with one attached hydrogen (secondary N) is 1. The second kappa shape index (κ2) is 10.7. The van der Waals surface area contributed by atoms with E-state index in [4.69, 9.17) is 4.52 Å². The average molecular weight is 411 g/mol. The number of nitrogens with zero attached hydrogens (tertiary/aromatic N) is 3. The minimum atomic E-state index is -0.0975. The first-order valence-electron chi connectivity index (χ1n) is 9.75. The Morgan fingerprint density at radius 1 is 1.21 bits per heavy atom. The lowest BCUT2D eigenvalue weighted by atomic mass is 10.2. The van der Waals surface area contributed by atoms with E-state index in [2.05, 4.69) is 39.4 Å². The maximum absolute atomic E-state index is 12.7. The number of amides is 1. The first-order chi connectivity index (χ1) is 14.2. The molecule has 0 aliphatic carbocycles. The summed E-state index contributed by atoms with van der Waals surface area (Å²) in [5.41, 5.74) is 2.63. The van der Waals surface area contributed by atoms with Gasteiger partial charge in [0.2, 0.25) is 0 Å². The van der Waals surface area contributed by atoms with Crippen LogP contribution in [0.5, 0.6) is 0 Å². The summed E-state index contributed by atoms with van der Waals surface area (Å²) in [6, 6.07) is 15.8. The number of anilines is 1. The van der Waals surface area contributed by atoms with E-state index < -0.39 is 0 Å². The molecule has 0 unspecified atom stereocenters. The largest absolute Gasteiger partial charge is 0.372 e. The summed E-state index contributed by atoms with van der Waals surface area (Å²) in [5, 5.41) is 7.71. The fourth-order valence-corrected chi connectivity index (χ4v) is 3.85. The Balaban J connectivity index is 1.50. The predicted octanol–water partition coefficient (Wildman–Crippen LogP) is 4.32. The lowest BCUT2D eigenvalue weighted by Crippen LogP contribution is -2.30. The molecule has 0 radical (unpaired) electrons. The SMILES string of the molecule is CCN(CCCNC(=O)c1cccnc1SCc1cc(C)on1)c1ccccc1. The van der Waals surface area contributed by atoms with Gasteiger partial charge in [0.15, 0.2) is 0 Å². The molecule has 0 aliphatic rings. The van der Waals surface area contributed by atoms with Gasteiger partial charge in [0, 0.05) is 43.3 Å². The fourth-order valence-electron chi connectivity index (χ4n) is 2.98. The first kappa shape index (κ1) is 20.9. The summed E-state index contributed by atoms with van der Waals surface area (Å²) in [6.45, 7) is 6.44. The molecule has 0 saturated carbocycles. The fraction of sp³-hybridized carbons (Fsp3) is 0.318. The Labute approximate surface area is 175 Å². The topological polar surface area (TPSA) is 71.3 Å². The second-order valence-corrected chi connectivity index (χ2v) is 7.56. The number of pyridine rings is 1. The van der Waals surface area contributed by atoms with Crippen molar-refractivity contribution in [3.05, 3.63) is 71.7 Å². The van der Waals surface area contributed by atoms with Gasteiger partial charge in [0.25, 0.3) is 5.91 Å². The lowest BCUT2D eigenvalue weighted by molar-refractivity contribution is 0.0949. The number of benzene rings is 1. The molecule has 7 heteroatoms. The van der Waals surface area contributed by atoms with Crippen LogP contribution in [0, 0.1) is 6.92 Å². The zero-order chi connectivity index (χ0) is 20.5. The van der Waals surface area contributed by atoms with Crippen molar-refractivity contribution in [2.24, 2.45) is 0 Å². The summed E-state index contributed by atoms with van der Waals surface area (Å²) in [7, 11) is 0. The molecule has 2 aromatic heterocycles. The third-order valence-electron chi connectivity index (χ3n) is 4.44. The van der Waals surface area contributed by atoms with Crippen molar-refractivity contribution in [3.63, 3.8) is 0 Å². The van der Waals surface area contributed by atoms with Crippen molar-refractivity contribution in [1.82, 2.24) is 15.5 Å². The van der Waals surface area contributed by atoms with Gasteiger partial charge in [-0.25, -0.2) is 4.98 Å². The molecular formula is C22H26N4O2S. The van der Waals surface area contributed by atoms with Gasteiger partial charge < -0.3 is 14.7 Å². The van der Waals surface area contributed by atoms with Gasteiger partial charge >= 0.3 is 0 Å². The van der Waals surface area contributed by atoms with Gasteiger partial charge in [-0.2, -0.15) is 0 Å². The number of hydrogen-bond acceptors (Lipinski definition) is 6. The van der Waals surface area contributed by atoms with Gasteiger partial charge in [-0.05, 0) is 44.5 Å². The van der Waals surface area contributed by atoms with E-state index >= 15 is 0 Å². The Hall–Kier alpha value is -2.80. The van der Waals surface area contributed by atoms with E-state index in [0.717, 1.165) is 31.0 Å². The van der Waals surface area contributed by atoms with E-state index in [9.17, 15) is 4.79 Å². The Kier molecular flexibility index (Phi) is 7.69. The van der Waals surface area contributed by atoms with Crippen LogP contribution in [-0.2, 0) is 5.75 Å². The molecule has 0 spiro atoms. The number of thioether (sulfide) groups is 1. The average Bonchev–Trinajstić information content (AvgIpc) is 3.18. The monoisotopic (exact) mass is 410 g/mol. The Bertz CT molecular complexity index is 914. The minimum Gasteiger partial charge on any atom is -0.372 e. The molecule has 152 valence electrons. The van der Waals surface area contributed by atoms with Crippen molar-refractivity contribution in [2.75, 3.05) is 24.5 Å². The van der Waals surface area contributed by atoms with Gasteiger partial charge in [0.1, 0.15) is 10.8 Å². The van der Waals surface area contributed by atoms with Gasteiger partial charge in [-0.3, -0.25) is 4.79 Å². The summed E-state index contributed by atoms with van der Waals surface area (Å²) >= 11 is 1.48. The van der Waals surface area contributed by atoms with Gasteiger partial charge in [-0.15, -0.1) is 0 Å². The molecule has 1 amide bonds. The number of aryl methyl sites for hydroxylation is 1. The van der Waals surface area contributed by atoms with Crippen LogP contribution >= 0.6 is 11.8 Å². The highest BCUT2D eigenvalue weighted by atomic mass is 32.2. The van der Waals surface area contributed by atoms with Crippen molar-refractivity contribution in [1.29, 1.82) is 0 Å². The molecule has 0 atom stereocenters. The molecule has 3 aromatic rings. The van der Waals surface area contributed by atoms with E-state index in [0.29, 0.717) is 22.9 Å². The number of aromatic nitrogens is 2. The van der Waals surface area contributed by atoms with Crippen LogP contribution in [0.2, 0.25) is 0 Å². The highest BCUT2D eigenvalue weighted by Crippen LogP contribution is 2.24. The van der Waals surface area contributed by atoms with Crippen molar-refractivity contribution >= 4 is 23.4 Å². The third-order valence-corrected chi connectivity index (χ3v) is 5.48. The molecule has 1 N–H and O–H groups in total. The van der Waals surface area contributed by atoms with Crippen LogP contribution in [0.4, 0.5) is 5.69 Å². The van der Waals surface area contributed by atoms with Crippen LogP contribution in [0.3, 0.4) is 0 Å². The van der Waals surface area contributed by atoms with E-state index in [1.807, 2.05) is 31.2 Å². The van der Waals surface area contributed by atoms with Gasteiger partial charge in [0.05, 0.1) is 11.3 Å². The minimum absolute atomic E-state index is 0.0975. The van der Waals surface area contributed by atoms with Crippen molar-refractivity contribution in [3.8, 4) is 0 Å². The molecule has 0 saturated heterocycles. The standard InChI is InChI=1S/C22H26N4O2S/c1-3-26(19-9-5-4-6-10-19)14-8-13-23-21(27)20-11-7-12-24-22(20)29-16-18-15-17(2)28-25-18/h4-7,9-12,15H,3,8,13-14,16H2,1-2H3,(H,23,27). The molecule has 0 aliphatic heterocycles. The van der Waals surface area contributed by atoms with E-state index in [1.165, 1.54) is 17.4 Å². The normalized spacial score (nSPS) is 10.7. The maximum atomic E-state index is 12.7. The first-order valence-corrected chi connectivity index (χ1v) is 10.7. The van der Waals surface area contributed by atoms with Crippen LogP contribution in [-0.4, -0.2) is 35.7 Å². The maximum Gasteiger partial charge on any atom is 0.254 e.